The van der Waals surface area contributed by atoms with Gasteiger partial charge in [-0.05, 0) is 24.3 Å². The third-order valence-electron chi connectivity index (χ3n) is 5.48. The minimum atomic E-state index is -0.125. The normalized spacial score (nSPS) is 11.0. The van der Waals surface area contributed by atoms with Gasteiger partial charge < -0.3 is 19.5 Å². The molecule has 0 saturated carbocycles. The average molecular weight is 502 g/mol. The van der Waals surface area contributed by atoms with Crippen LogP contribution in [0.1, 0.15) is 5.69 Å². The zero-order valence-corrected chi connectivity index (χ0v) is 20.7. The van der Waals surface area contributed by atoms with Gasteiger partial charge in [0.2, 0.25) is 5.75 Å². The largest absolute Gasteiger partial charge is 0.493 e. The molecule has 10 heteroatoms. The molecule has 0 saturated heterocycles. The molecule has 5 rings (SSSR count). The number of thioether (sulfide) groups is 1. The number of aromatic nitrogens is 4. The first-order valence-electron chi connectivity index (χ1n) is 11.0. The minimum Gasteiger partial charge on any atom is -0.493 e. The standard InChI is InChI=1S/C26H23N5O4S/c1-33-20-12-16(13-21(34-2)24(20)35-3)28-25-18-8-4-5-9-19(18)29-26(30-25)36-15-17-14-23(32)31-11-7-6-10-22(31)27-17/h4-14H,15H2,1-3H3,(H,28,29,30). The maximum Gasteiger partial charge on any atom is 0.258 e. The van der Waals surface area contributed by atoms with Gasteiger partial charge in [-0.25, -0.2) is 15.0 Å². The number of benzene rings is 2. The third-order valence-corrected chi connectivity index (χ3v) is 6.36. The van der Waals surface area contributed by atoms with Crippen LogP contribution in [0.2, 0.25) is 0 Å². The molecule has 0 radical (unpaired) electrons. The van der Waals surface area contributed by atoms with Crippen LogP contribution in [0.4, 0.5) is 11.5 Å². The van der Waals surface area contributed by atoms with Gasteiger partial charge in [-0.2, -0.15) is 0 Å². The molecule has 5 aromatic rings. The molecule has 0 fully saturated rings. The van der Waals surface area contributed by atoms with Crippen LogP contribution in [-0.2, 0) is 5.75 Å². The molecule has 0 aliphatic heterocycles. The van der Waals surface area contributed by atoms with E-state index in [1.807, 2.05) is 48.5 Å². The molecule has 0 spiro atoms. The van der Waals surface area contributed by atoms with Crippen molar-refractivity contribution in [3.05, 3.63) is 82.9 Å². The molecule has 3 heterocycles. The van der Waals surface area contributed by atoms with Gasteiger partial charge in [0.05, 0.1) is 32.5 Å². The smallest absolute Gasteiger partial charge is 0.258 e. The highest BCUT2D eigenvalue weighted by molar-refractivity contribution is 7.98. The monoisotopic (exact) mass is 501 g/mol. The lowest BCUT2D eigenvalue weighted by atomic mass is 10.2. The molecular weight excluding hydrogens is 478 g/mol. The van der Waals surface area contributed by atoms with Gasteiger partial charge in [0.25, 0.3) is 5.56 Å². The van der Waals surface area contributed by atoms with Gasteiger partial charge in [0.1, 0.15) is 11.5 Å². The Morgan fingerprint density at radius 3 is 2.39 bits per heavy atom. The third kappa shape index (κ3) is 4.63. The number of methoxy groups -OCH3 is 3. The maximum atomic E-state index is 12.4. The molecule has 2 aromatic carbocycles. The molecule has 0 atom stereocenters. The van der Waals surface area contributed by atoms with Crippen molar-refractivity contribution in [3.8, 4) is 17.2 Å². The highest BCUT2D eigenvalue weighted by Crippen LogP contribution is 2.41. The Bertz CT molecular complexity index is 1600. The summed E-state index contributed by atoms with van der Waals surface area (Å²) < 4.78 is 17.9. The van der Waals surface area contributed by atoms with Crippen LogP contribution < -0.4 is 25.1 Å². The van der Waals surface area contributed by atoms with E-state index >= 15 is 0 Å². The van der Waals surface area contributed by atoms with Crippen LogP contribution in [0.25, 0.3) is 16.6 Å². The van der Waals surface area contributed by atoms with Crippen molar-refractivity contribution in [3.63, 3.8) is 0 Å². The summed E-state index contributed by atoms with van der Waals surface area (Å²) in [5.41, 5.74) is 2.64. The molecule has 182 valence electrons. The minimum absolute atomic E-state index is 0.125. The number of fused-ring (bicyclic) bond motifs is 2. The van der Waals surface area contributed by atoms with Crippen LogP contribution in [0.5, 0.6) is 17.2 Å². The van der Waals surface area contributed by atoms with E-state index in [1.54, 1.807) is 33.6 Å². The fraction of sp³-hybridized carbons (Fsp3) is 0.154. The Labute approximate surface area is 211 Å². The highest BCUT2D eigenvalue weighted by atomic mass is 32.2. The average Bonchev–Trinajstić information content (AvgIpc) is 2.91. The van der Waals surface area contributed by atoms with Crippen molar-refractivity contribution >= 4 is 39.8 Å². The van der Waals surface area contributed by atoms with Gasteiger partial charge in [-0.15, -0.1) is 0 Å². The molecule has 0 aliphatic carbocycles. The summed E-state index contributed by atoms with van der Waals surface area (Å²) in [6.45, 7) is 0. The van der Waals surface area contributed by atoms with E-state index < -0.39 is 0 Å². The SMILES string of the molecule is COc1cc(Nc2nc(SCc3cc(=O)n4ccccc4n3)nc3ccccc23)cc(OC)c1OC. The first kappa shape index (κ1) is 23.4. The molecule has 0 unspecified atom stereocenters. The Morgan fingerprint density at radius 2 is 1.64 bits per heavy atom. The Hall–Kier alpha value is -4.31. The number of hydrogen-bond acceptors (Lipinski definition) is 9. The number of hydrogen-bond donors (Lipinski definition) is 1. The fourth-order valence-corrected chi connectivity index (χ4v) is 4.56. The number of pyridine rings is 1. The molecule has 0 amide bonds. The number of para-hydroxylation sites is 1. The Morgan fingerprint density at radius 1 is 0.889 bits per heavy atom. The fourth-order valence-electron chi connectivity index (χ4n) is 3.82. The van der Waals surface area contributed by atoms with Crippen LogP contribution in [0, 0.1) is 0 Å². The van der Waals surface area contributed by atoms with Crippen LogP contribution in [0.15, 0.2) is 76.8 Å². The second-order valence-electron chi connectivity index (χ2n) is 7.71. The lowest BCUT2D eigenvalue weighted by Gasteiger charge is -2.16. The summed E-state index contributed by atoms with van der Waals surface area (Å²) in [5.74, 6) is 2.64. The number of anilines is 2. The highest BCUT2D eigenvalue weighted by Gasteiger charge is 2.15. The van der Waals surface area contributed by atoms with Crippen LogP contribution in [0.3, 0.4) is 0 Å². The first-order chi connectivity index (χ1) is 17.6. The number of rotatable bonds is 8. The van der Waals surface area contributed by atoms with Gasteiger partial charge in [-0.1, -0.05) is 30.0 Å². The quantitative estimate of drug-likeness (QED) is 0.240. The number of ether oxygens (including phenoxy) is 3. The van der Waals surface area contributed by atoms with E-state index in [0.717, 1.165) is 10.9 Å². The predicted molar refractivity (Wildman–Crippen MR) is 140 cm³/mol. The molecule has 3 aromatic heterocycles. The topological polar surface area (TPSA) is 99.9 Å². The Balaban J connectivity index is 1.48. The van der Waals surface area contributed by atoms with Crippen molar-refractivity contribution in [2.75, 3.05) is 26.6 Å². The van der Waals surface area contributed by atoms with Crippen molar-refractivity contribution in [1.29, 1.82) is 0 Å². The van der Waals surface area contributed by atoms with Crippen LogP contribution >= 0.6 is 11.8 Å². The number of nitrogens with zero attached hydrogens (tertiary/aromatic N) is 4. The van der Waals surface area contributed by atoms with Gasteiger partial charge >= 0.3 is 0 Å². The maximum absolute atomic E-state index is 12.4. The first-order valence-corrected chi connectivity index (χ1v) is 12.0. The van der Waals surface area contributed by atoms with E-state index in [-0.39, 0.29) is 5.56 Å². The van der Waals surface area contributed by atoms with Gasteiger partial charge in [0, 0.05) is 41.2 Å². The molecule has 0 bridgehead atoms. The molecule has 1 N–H and O–H groups in total. The second kappa shape index (κ2) is 10.1. The van der Waals surface area contributed by atoms with Crippen molar-refractivity contribution in [2.45, 2.75) is 10.9 Å². The van der Waals surface area contributed by atoms with E-state index in [2.05, 4.69) is 10.3 Å². The summed E-state index contributed by atoms with van der Waals surface area (Å²) in [6.07, 6.45) is 1.70. The van der Waals surface area contributed by atoms with E-state index in [0.29, 0.717) is 51.0 Å². The van der Waals surface area contributed by atoms with Crippen molar-refractivity contribution in [1.82, 2.24) is 19.4 Å². The lowest BCUT2D eigenvalue weighted by Crippen LogP contribution is -2.14. The van der Waals surface area contributed by atoms with Crippen molar-refractivity contribution in [2.24, 2.45) is 0 Å². The van der Waals surface area contributed by atoms with Crippen molar-refractivity contribution < 1.29 is 14.2 Å². The summed E-state index contributed by atoms with van der Waals surface area (Å²) in [7, 11) is 4.71. The van der Waals surface area contributed by atoms with Crippen LogP contribution in [-0.4, -0.2) is 40.7 Å². The van der Waals surface area contributed by atoms with E-state index in [4.69, 9.17) is 24.2 Å². The van der Waals surface area contributed by atoms with E-state index in [9.17, 15) is 4.79 Å². The predicted octanol–water partition coefficient (Wildman–Crippen LogP) is 4.70. The second-order valence-corrected chi connectivity index (χ2v) is 8.66. The lowest BCUT2D eigenvalue weighted by molar-refractivity contribution is 0.324. The zero-order valence-electron chi connectivity index (χ0n) is 19.9. The molecule has 0 aliphatic rings. The molecule has 36 heavy (non-hydrogen) atoms. The van der Waals surface area contributed by atoms with Gasteiger partial charge in [0.15, 0.2) is 16.7 Å². The Kier molecular flexibility index (Phi) is 6.59. The van der Waals surface area contributed by atoms with E-state index in [1.165, 1.54) is 22.2 Å². The summed E-state index contributed by atoms with van der Waals surface area (Å²) in [4.78, 5) is 26.5. The summed E-state index contributed by atoms with van der Waals surface area (Å²) in [5, 5.41) is 4.78. The summed E-state index contributed by atoms with van der Waals surface area (Å²) in [6, 6.07) is 18.4. The number of nitrogens with one attached hydrogen (secondary N) is 1. The molecular formula is C26H23N5O4S. The zero-order chi connectivity index (χ0) is 25.1. The summed E-state index contributed by atoms with van der Waals surface area (Å²) >= 11 is 1.41. The van der Waals surface area contributed by atoms with Gasteiger partial charge in [-0.3, -0.25) is 9.20 Å². The molecule has 9 nitrogen and oxygen atoms in total.